The van der Waals surface area contributed by atoms with Gasteiger partial charge in [0, 0.05) is 5.39 Å². The summed E-state index contributed by atoms with van der Waals surface area (Å²) in [7, 11) is -4.67. The van der Waals surface area contributed by atoms with Gasteiger partial charge in [0.15, 0.2) is 0 Å². The maximum Gasteiger partial charge on any atom is 0.318 e. The molecule has 10 heteroatoms. The summed E-state index contributed by atoms with van der Waals surface area (Å²) >= 11 is 0. The van der Waals surface area contributed by atoms with Crippen LogP contribution in [-0.2, 0) is 14.4 Å². The van der Waals surface area contributed by atoms with Crippen LogP contribution in [0, 0.1) is 0 Å². The first-order chi connectivity index (χ1) is 14.3. The first kappa shape index (κ1) is 18.2. The van der Waals surface area contributed by atoms with Crippen molar-refractivity contribution in [3.8, 4) is 0 Å². The van der Waals surface area contributed by atoms with Crippen LogP contribution in [0.15, 0.2) is 59.5 Å². The molecule has 4 amide bonds. The van der Waals surface area contributed by atoms with Crippen LogP contribution in [0.25, 0.3) is 10.8 Å². The summed E-state index contributed by atoms with van der Waals surface area (Å²) in [4.78, 5) is 48.6. The third-order valence-corrected chi connectivity index (χ3v) is 6.08. The van der Waals surface area contributed by atoms with E-state index in [2.05, 4.69) is 0 Å². The van der Waals surface area contributed by atoms with E-state index in [0.717, 1.165) is 18.2 Å². The fourth-order valence-corrected chi connectivity index (χ4v) is 4.43. The smallest absolute Gasteiger partial charge is 0.288 e. The van der Waals surface area contributed by atoms with E-state index < -0.39 is 38.6 Å². The van der Waals surface area contributed by atoms with Crippen LogP contribution in [0.5, 0.6) is 0 Å². The van der Waals surface area contributed by atoms with Crippen molar-refractivity contribution < 1.29 is 31.9 Å². The van der Waals surface area contributed by atoms with Gasteiger partial charge in [0.25, 0.3) is 23.6 Å². The number of benzene rings is 3. The molecule has 0 saturated heterocycles. The normalized spacial score (nSPS) is 15.5. The van der Waals surface area contributed by atoms with Gasteiger partial charge < -0.3 is 0 Å². The first-order valence-electron chi connectivity index (χ1n) is 8.63. The van der Waals surface area contributed by atoms with Crippen LogP contribution >= 0.6 is 0 Å². The molecule has 30 heavy (non-hydrogen) atoms. The van der Waals surface area contributed by atoms with Gasteiger partial charge in [-0.25, -0.2) is 0 Å². The van der Waals surface area contributed by atoms with Gasteiger partial charge in [-0.05, 0) is 35.7 Å². The molecule has 3 aromatic carbocycles. The Morgan fingerprint density at radius 2 is 1.33 bits per heavy atom. The zero-order valence-electron chi connectivity index (χ0n) is 14.9. The lowest BCUT2D eigenvalue weighted by Crippen LogP contribution is -2.41. The van der Waals surface area contributed by atoms with Crippen molar-refractivity contribution in [2.45, 2.75) is 4.90 Å². The number of hydroxylamine groups is 2. The third kappa shape index (κ3) is 2.48. The largest absolute Gasteiger partial charge is 0.318 e. The van der Waals surface area contributed by atoms with E-state index in [9.17, 15) is 27.6 Å². The highest BCUT2D eigenvalue weighted by Gasteiger charge is 2.38. The van der Waals surface area contributed by atoms with Crippen LogP contribution in [0.3, 0.4) is 0 Å². The Balaban J connectivity index is 1.56. The Hall–Kier alpha value is -3.89. The van der Waals surface area contributed by atoms with E-state index in [0.29, 0.717) is 10.8 Å². The van der Waals surface area contributed by atoms with E-state index in [1.54, 1.807) is 24.3 Å². The standard InChI is InChI=1S/C20H10N2O7S/c23-17-12-8-7-11(9-15(12)18(24)21-17)30(27,28)29-22-19(25)13-5-1-3-10-4-2-6-14(16(10)13)20(22)26/h1-9H,(H,21,23,24). The molecular weight excluding hydrogens is 412 g/mol. The van der Waals surface area contributed by atoms with Crippen molar-refractivity contribution >= 4 is 44.5 Å². The summed E-state index contributed by atoms with van der Waals surface area (Å²) in [6.45, 7) is 0. The fraction of sp³-hybridized carbons (Fsp3) is 0. The number of nitrogens with one attached hydrogen (secondary N) is 1. The van der Waals surface area contributed by atoms with E-state index in [1.807, 2.05) is 5.32 Å². The van der Waals surface area contributed by atoms with Crippen LogP contribution in [0.4, 0.5) is 0 Å². The molecule has 1 N–H and O–H groups in total. The van der Waals surface area contributed by atoms with Crippen LogP contribution in [-0.4, -0.2) is 37.1 Å². The maximum absolute atomic E-state index is 12.8. The minimum atomic E-state index is -4.67. The number of hydrogen-bond acceptors (Lipinski definition) is 7. The second-order valence-electron chi connectivity index (χ2n) is 6.63. The zero-order valence-corrected chi connectivity index (χ0v) is 15.7. The predicted octanol–water partition coefficient (Wildman–Crippen LogP) is 1.64. The zero-order chi connectivity index (χ0) is 21.2. The Morgan fingerprint density at radius 1 is 0.733 bits per heavy atom. The van der Waals surface area contributed by atoms with Crippen molar-refractivity contribution in [2.75, 3.05) is 0 Å². The number of nitrogens with zero attached hydrogens (tertiary/aromatic N) is 1. The molecule has 0 radical (unpaired) electrons. The minimum absolute atomic E-state index is 0.0182. The van der Waals surface area contributed by atoms with Gasteiger partial charge in [0.05, 0.1) is 27.1 Å². The highest BCUT2D eigenvalue weighted by molar-refractivity contribution is 7.86. The molecule has 9 nitrogen and oxygen atoms in total. The number of imide groups is 2. The number of carbonyl (C=O) groups excluding carboxylic acids is 4. The molecule has 0 aliphatic carbocycles. The molecule has 148 valence electrons. The van der Waals surface area contributed by atoms with Crippen molar-refractivity contribution in [3.63, 3.8) is 0 Å². The van der Waals surface area contributed by atoms with Crippen molar-refractivity contribution in [3.05, 3.63) is 76.9 Å². The molecular formula is C20H10N2O7S. The average Bonchev–Trinajstić information content (AvgIpc) is 3.02. The van der Waals surface area contributed by atoms with Gasteiger partial charge in [0.1, 0.15) is 0 Å². The highest BCUT2D eigenvalue weighted by Crippen LogP contribution is 2.31. The Morgan fingerprint density at radius 3 is 1.97 bits per heavy atom. The fourth-order valence-electron chi connectivity index (χ4n) is 3.52. The lowest BCUT2D eigenvalue weighted by molar-refractivity contribution is -0.0155. The van der Waals surface area contributed by atoms with E-state index in [1.165, 1.54) is 12.1 Å². The number of amides is 4. The van der Waals surface area contributed by atoms with Gasteiger partial charge >= 0.3 is 10.1 Å². The lowest BCUT2D eigenvalue weighted by atomic mass is 9.95. The van der Waals surface area contributed by atoms with Crippen LogP contribution < -0.4 is 5.32 Å². The molecule has 0 unspecified atom stereocenters. The van der Waals surface area contributed by atoms with Gasteiger partial charge in [-0.1, -0.05) is 24.3 Å². The predicted molar refractivity (Wildman–Crippen MR) is 101 cm³/mol. The molecule has 0 saturated carbocycles. The van der Waals surface area contributed by atoms with Crippen molar-refractivity contribution in [1.82, 2.24) is 10.4 Å². The molecule has 0 atom stereocenters. The van der Waals surface area contributed by atoms with E-state index in [4.69, 9.17) is 4.28 Å². The van der Waals surface area contributed by atoms with Gasteiger partial charge in [-0.2, -0.15) is 8.42 Å². The summed E-state index contributed by atoms with van der Waals surface area (Å²) in [5.74, 6) is -3.26. The summed E-state index contributed by atoms with van der Waals surface area (Å²) in [5, 5.41) is 3.30. The van der Waals surface area contributed by atoms with Gasteiger partial charge in [0.2, 0.25) is 0 Å². The SMILES string of the molecule is O=C1NC(=O)c2cc(S(=O)(=O)ON3C(=O)c4cccc5cccc(c45)C3=O)ccc21. The minimum Gasteiger partial charge on any atom is -0.288 e. The number of hydrogen-bond donors (Lipinski definition) is 1. The molecule has 3 aromatic rings. The Bertz CT molecular complexity index is 1390. The number of carbonyl (C=O) groups is 4. The topological polar surface area (TPSA) is 127 Å². The van der Waals surface area contributed by atoms with Gasteiger partial charge in [-0.3, -0.25) is 24.5 Å². The summed E-state index contributed by atoms with van der Waals surface area (Å²) in [6.07, 6.45) is 0. The molecule has 0 fully saturated rings. The Labute approximate surface area is 168 Å². The number of rotatable bonds is 3. The van der Waals surface area contributed by atoms with Gasteiger partial charge in [-0.15, -0.1) is 9.35 Å². The van der Waals surface area contributed by atoms with Crippen molar-refractivity contribution in [2.24, 2.45) is 0 Å². The molecule has 5 rings (SSSR count). The molecule has 2 heterocycles. The number of fused-ring (bicyclic) bond motifs is 1. The monoisotopic (exact) mass is 422 g/mol. The molecule has 0 bridgehead atoms. The maximum atomic E-state index is 12.8. The average molecular weight is 422 g/mol. The molecule has 2 aliphatic rings. The lowest BCUT2D eigenvalue weighted by Gasteiger charge is -2.25. The first-order valence-corrected chi connectivity index (χ1v) is 10.0. The molecule has 2 aliphatic heterocycles. The molecule has 0 spiro atoms. The summed E-state index contributed by atoms with van der Waals surface area (Å²) in [6, 6.07) is 12.8. The van der Waals surface area contributed by atoms with Crippen LogP contribution in [0.2, 0.25) is 0 Å². The molecule has 0 aromatic heterocycles. The van der Waals surface area contributed by atoms with Crippen molar-refractivity contribution in [1.29, 1.82) is 0 Å². The summed E-state index contributed by atoms with van der Waals surface area (Å²) in [5.41, 5.74) is 0.120. The second-order valence-corrected chi connectivity index (χ2v) is 8.16. The second kappa shape index (κ2) is 6.05. The highest BCUT2D eigenvalue weighted by atomic mass is 32.2. The quantitative estimate of drug-likeness (QED) is 0.636. The van der Waals surface area contributed by atoms with E-state index >= 15 is 0 Å². The third-order valence-electron chi connectivity index (χ3n) is 4.90. The van der Waals surface area contributed by atoms with Crippen LogP contribution in [0.1, 0.15) is 41.4 Å². The van der Waals surface area contributed by atoms with E-state index in [-0.39, 0.29) is 27.3 Å². The Kier molecular flexibility index (Phi) is 3.66. The summed E-state index contributed by atoms with van der Waals surface area (Å²) < 4.78 is 30.4.